The lowest BCUT2D eigenvalue weighted by atomic mass is 10.1. The number of rotatable bonds is 7. The van der Waals surface area contributed by atoms with Gasteiger partial charge in [-0.15, -0.1) is 0 Å². The van der Waals surface area contributed by atoms with Crippen LogP contribution < -0.4 is 0 Å². The molecular weight excluding hydrogens is 399 g/mol. The van der Waals surface area contributed by atoms with Gasteiger partial charge < -0.3 is 14.8 Å². The minimum Gasteiger partial charge on any atom is -0.360 e. The van der Waals surface area contributed by atoms with Crippen molar-refractivity contribution in [1.29, 1.82) is 0 Å². The monoisotopic (exact) mass is 426 g/mol. The first kappa shape index (κ1) is 20.9. The molecule has 158 valence electrons. The molecule has 3 aromatic rings. The van der Waals surface area contributed by atoms with Gasteiger partial charge in [-0.25, -0.2) is 8.70 Å². The number of aromatic nitrogens is 1. The van der Waals surface area contributed by atoms with Crippen LogP contribution in [0.5, 0.6) is 0 Å². The molecule has 0 radical (unpaired) electrons. The van der Waals surface area contributed by atoms with Crippen LogP contribution in [0.4, 0.5) is 4.39 Å². The zero-order valence-corrected chi connectivity index (χ0v) is 18.2. The van der Waals surface area contributed by atoms with Crippen LogP contribution in [0, 0.1) is 5.82 Å². The first-order valence-electron chi connectivity index (χ1n) is 10.2. The van der Waals surface area contributed by atoms with Crippen LogP contribution in [0.1, 0.15) is 6.42 Å². The summed E-state index contributed by atoms with van der Waals surface area (Å²) in [5, 5.41) is 1.01. The number of halogens is 1. The Morgan fingerprint density at radius 1 is 1.13 bits per heavy atom. The number of benzene rings is 2. The van der Waals surface area contributed by atoms with Crippen molar-refractivity contribution in [1.82, 2.24) is 19.1 Å². The van der Waals surface area contributed by atoms with Gasteiger partial charge in [-0.3, -0.25) is 4.79 Å². The Morgan fingerprint density at radius 3 is 2.67 bits per heavy atom. The largest absolute Gasteiger partial charge is 0.360 e. The van der Waals surface area contributed by atoms with Crippen LogP contribution in [0.2, 0.25) is 0 Å². The lowest BCUT2D eigenvalue weighted by molar-refractivity contribution is -0.133. The molecule has 0 spiro atoms. The standard InChI is InChI=1S/C23H27FN4OS/c1-26(2)10-3-11-27-12-13-28(16-23(27)29)30-19-7-4-17(5-8-19)21-15-25-22-14-18(24)6-9-20(21)22/h4-9,14-15,25H,3,10-13,16H2,1-2H3. The van der Waals surface area contributed by atoms with Gasteiger partial charge in [0.05, 0.1) is 6.54 Å². The minimum absolute atomic E-state index is 0.204. The topological polar surface area (TPSA) is 42.6 Å². The molecule has 1 aliphatic rings. The van der Waals surface area contributed by atoms with E-state index in [0.29, 0.717) is 6.54 Å². The first-order valence-corrected chi connectivity index (χ1v) is 11.0. The molecule has 0 bridgehead atoms. The fourth-order valence-corrected chi connectivity index (χ4v) is 4.66. The van der Waals surface area contributed by atoms with Gasteiger partial charge in [0.25, 0.3) is 0 Å². The summed E-state index contributed by atoms with van der Waals surface area (Å²) in [4.78, 5) is 20.8. The Balaban J connectivity index is 1.35. The molecule has 4 rings (SSSR count). The van der Waals surface area contributed by atoms with Crippen molar-refractivity contribution < 1.29 is 9.18 Å². The number of amides is 1. The molecule has 1 fully saturated rings. The van der Waals surface area contributed by atoms with Gasteiger partial charge in [0, 0.05) is 47.2 Å². The molecule has 2 heterocycles. The third-order valence-corrected chi connectivity index (χ3v) is 6.41. The molecule has 1 amide bonds. The Kier molecular flexibility index (Phi) is 6.41. The number of nitrogens with zero attached hydrogens (tertiary/aromatic N) is 3. The maximum atomic E-state index is 13.4. The lowest BCUT2D eigenvalue weighted by Crippen LogP contribution is -2.48. The maximum absolute atomic E-state index is 13.4. The number of aromatic amines is 1. The zero-order valence-electron chi connectivity index (χ0n) is 17.4. The Labute approximate surface area is 181 Å². The van der Waals surface area contributed by atoms with Crippen LogP contribution in [0.15, 0.2) is 53.6 Å². The summed E-state index contributed by atoms with van der Waals surface area (Å²) in [7, 11) is 4.11. The molecule has 30 heavy (non-hydrogen) atoms. The van der Waals surface area contributed by atoms with E-state index in [0.717, 1.165) is 59.5 Å². The van der Waals surface area contributed by atoms with E-state index in [2.05, 4.69) is 52.5 Å². The second-order valence-corrected chi connectivity index (χ2v) is 9.08. The summed E-state index contributed by atoms with van der Waals surface area (Å²) < 4.78 is 15.5. The SMILES string of the molecule is CN(C)CCCN1CCN(Sc2ccc(-c3c[nH]c4cc(F)ccc34)cc2)CC1=O. The van der Waals surface area contributed by atoms with Gasteiger partial charge in [0.15, 0.2) is 0 Å². The molecule has 0 saturated carbocycles. The molecule has 0 aliphatic carbocycles. The number of carbonyl (C=O) groups excluding carboxylic acids is 1. The fraction of sp³-hybridized carbons (Fsp3) is 0.348. The Morgan fingerprint density at radius 2 is 1.93 bits per heavy atom. The Bertz CT molecular complexity index is 1020. The minimum atomic E-state index is -0.241. The second-order valence-electron chi connectivity index (χ2n) is 7.91. The third-order valence-electron chi connectivity index (χ3n) is 5.36. The van der Waals surface area contributed by atoms with Gasteiger partial charge in [0.2, 0.25) is 5.91 Å². The number of fused-ring (bicyclic) bond motifs is 1. The van der Waals surface area contributed by atoms with E-state index in [1.54, 1.807) is 11.9 Å². The number of nitrogens with one attached hydrogen (secondary N) is 1. The number of carbonyl (C=O) groups is 1. The highest BCUT2D eigenvalue weighted by molar-refractivity contribution is 7.97. The summed E-state index contributed by atoms with van der Waals surface area (Å²) >= 11 is 1.63. The smallest absolute Gasteiger partial charge is 0.237 e. The first-order chi connectivity index (χ1) is 14.5. The van der Waals surface area contributed by atoms with Crippen molar-refractivity contribution in [3.63, 3.8) is 0 Å². The predicted octanol–water partition coefficient (Wildman–Crippen LogP) is 4.08. The van der Waals surface area contributed by atoms with Gasteiger partial charge in [-0.1, -0.05) is 12.1 Å². The van der Waals surface area contributed by atoms with Crippen LogP contribution in [0.25, 0.3) is 22.0 Å². The highest BCUT2D eigenvalue weighted by Gasteiger charge is 2.24. The molecule has 0 unspecified atom stereocenters. The van der Waals surface area contributed by atoms with Crippen molar-refractivity contribution in [2.24, 2.45) is 0 Å². The highest BCUT2D eigenvalue weighted by atomic mass is 32.2. The average Bonchev–Trinajstić information content (AvgIpc) is 3.13. The van der Waals surface area contributed by atoms with E-state index in [1.807, 2.05) is 17.2 Å². The van der Waals surface area contributed by atoms with E-state index in [9.17, 15) is 9.18 Å². The molecule has 1 aliphatic heterocycles. The van der Waals surface area contributed by atoms with Gasteiger partial charge >= 0.3 is 0 Å². The molecule has 0 atom stereocenters. The molecule has 7 heteroatoms. The van der Waals surface area contributed by atoms with Crippen LogP contribution in [-0.4, -0.2) is 71.8 Å². The number of piperazine rings is 1. The van der Waals surface area contributed by atoms with Crippen molar-refractivity contribution in [2.75, 3.05) is 46.8 Å². The maximum Gasteiger partial charge on any atom is 0.237 e. The summed E-state index contributed by atoms with van der Waals surface area (Å²) in [6.45, 7) is 3.93. The second kappa shape index (κ2) is 9.20. The highest BCUT2D eigenvalue weighted by Crippen LogP contribution is 2.31. The van der Waals surface area contributed by atoms with Crippen LogP contribution in [0.3, 0.4) is 0 Å². The molecule has 1 saturated heterocycles. The molecule has 5 nitrogen and oxygen atoms in total. The number of H-pyrrole nitrogens is 1. The number of hydrogen-bond donors (Lipinski definition) is 1. The van der Waals surface area contributed by atoms with Gasteiger partial charge in [0.1, 0.15) is 5.82 Å². The number of hydrogen-bond acceptors (Lipinski definition) is 4. The van der Waals surface area contributed by atoms with Crippen LogP contribution >= 0.6 is 11.9 Å². The quantitative estimate of drug-likeness (QED) is 0.578. The van der Waals surface area contributed by atoms with Crippen molar-refractivity contribution >= 4 is 28.8 Å². The zero-order chi connectivity index (χ0) is 21.1. The van der Waals surface area contributed by atoms with Crippen molar-refractivity contribution in [3.8, 4) is 11.1 Å². The molecule has 1 aromatic heterocycles. The van der Waals surface area contributed by atoms with Gasteiger partial charge in [-0.05, 0) is 74.9 Å². The van der Waals surface area contributed by atoms with Crippen LogP contribution in [-0.2, 0) is 4.79 Å². The fourth-order valence-electron chi connectivity index (χ4n) is 3.76. The van der Waals surface area contributed by atoms with E-state index < -0.39 is 0 Å². The van der Waals surface area contributed by atoms with E-state index in [4.69, 9.17) is 0 Å². The van der Waals surface area contributed by atoms with E-state index >= 15 is 0 Å². The van der Waals surface area contributed by atoms with Crippen molar-refractivity contribution in [3.05, 3.63) is 54.5 Å². The Hall–Kier alpha value is -2.35. The summed E-state index contributed by atoms with van der Waals surface area (Å²) in [5.74, 6) is -0.0369. The third kappa shape index (κ3) is 4.86. The average molecular weight is 427 g/mol. The predicted molar refractivity (Wildman–Crippen MR) is 121 cm³/mol. The van der Waals surface area contributed by atoms with Gasteiger partial charge in [-0.2, -0.15) is 0 Å². The van der Waals surface area contributed by atoms with E-state index in [1.165, 1.54) is 12.1 Å². The molecule has 2 aromatic carbocycles. The summed E-state index contributed by atoms with van der Waals surface area (Å²) in [6, 6.07) is 13.1. The summed E-state index contributed by atoms with van der Waals surface area (Å²) in [5.41, 5.74) is 2.94. The molecular formula is C23H27FN4OS. The van der Waals surface area contributed by atoms with E-state index in [-0.39, 0.29) is 11.7 Å². The molecule has 1 N–H and O–H groups in total. The summed E-state index contributed by atoms with van der Waals surface area (Å²) in [6.07, 6.45) is 2.92. The normalized spacial score (nSPS) is 15.5. The lowest BCUT2D eigenvalue weighted by Gasteiger charge is -2.33. The van der Waals surface area contributed by atoms with Crippen molar-refractivity contribution in [2.45, 2.75) is 11.3 Å².